The van der Waals surface area contributed by atoms with E-state index in [4.69, 9.17) is 4.74 Å². The first-order valence-electron chi connectivity index (χ1n) is 7.80. The average molecular weight is 359 g/mol. The number of hydrogen-bond donors (Lipinski definition) is 0. The van der Waals surface area contributed by atoms with Crippen LogP contribution in [-0.4, -0.2) is 38.9 Å². The molecule has 0 saturated carbocycles. The predicted octanol–water partition coefficient (Wildman–Crippen LogP) is 2.87. The van der Waals surface area contributed by atoms with Gasteiger partial charge in [-0.2, -0.15) is 4.31 Å². The average Bonchev–Trinajstić information content (AvgIpc) is 2.60. The van der Waals surface area contributed by atoms with Gasteiger partial charge in [0.1, 0.15) is 13.2 Å². The number of carbonyl (C=O) groups excluding carboxylic acids is 1. The van der Waals surface area contributed by atoms with Crippen LogP contribution in [0.5, 0.6) is 0 Å². The summed E-state index contributed by atoms with van der Waals surface area (Å²) < 4.78 is 30.8. The second kappa shape index (κ2) is 8.60. The Morgan fingerprint density at radius 2 is 1.72 bits per heavy atom. The van der Waals surface area contributed by atoms with E-state index < -0.39 is 16.0 Å². The summed E-state index contributed by atoms with van der Waals surface area (Å²) >= 11 is 0. The minimum Gasteiger partial charge on any atom is -0.460 e. The van der Waals surface area contributed by atoms with Crippen LogP contribution in [0.2, 0.25) is 0 Å². The third kappa shape index (κ3) is 5.55. The number of hydrogen-bond acceptors (Lipinski definition) is 4. The molecule has 0 atom stereocenters. The van der Waals surface area contributed by atoms with E-state index in [1.54, 1.807) is 18.2 Å². The Bertz CT molecular complexity index is 827. The van der Waals surface area contributed by atoms with Crippen molar-refractivity contribution in [1.82, 2.24) is 4.31 Å². The summed E-state index contributed by atoms with van der Waals surface area (Å²) in [4.78, 5) is 12.0. The van der Waals surface area contributed by atoms with Gasteiger partial charge in [0.15, 0.2) is 0 Å². The van der Waals surface area contributed by atoms with Crippen molar-refractivity contribution in [2.45, 2.75) is 11.8 Å². The molecule has 0 aromatic heterocycles. The number of esters is 1. The molecule has 0 bridgehead atoms. The molecule has 0 heterocycles. The lowest BCUT2D eigenvalue weighted by Gasteiger charge is -2.16. The van der Waals surface area contributed by atoms with Crippen LogP contribution >= 0.6 is 0 Å². The smallest absolute Gasteiger partial charge is 0.321 e. The number of rotatable bonds is 7. The first-order valence-corrected chi connectivity index (χ1v) is 9.24. The molecule has 5 nitrogen and oxygen atoms in total. The van der Waals surface area contributed by atoms with E-state index in [-0.39, 0.29) is 18.0 Å². The molecule has 0 spiro atoms. The largest absolute Gasteiger partial charge is 0.460 e. The van der Waals surface area contributed by atoms with E-state index >= 15 is 0 Å². The minimum atomic E-state index is -3.71. The lowest BCUT2D eigenvalue weighted by atomic mass is 10.2. The fourth-order valence-corrected chi connectivity index (χ4v) is 3.21. The van der Waals surface area contributed by atoms with Gasteiger partial charge in [-0.25, -0.2) is 8.42 Å². The molecule has 6 heteroatoms. The molecule has 0 radical (unpaired) electrons. The molecule has 0 unspecified atom stereocenters. The number of sulfonamides is 1. The number of nitrogens with zero attached hydrogens (tertiary/aromatic N) is 1. The van der Waals surface area contributed by atoms with Gasteiger partial charge >= 0.3 is 5.97 Å². The van der Waals surface area contributed by atoms with E-state index in [0.29, 0.717) is 0 Å². The Kier molecular flexibility index (Phi) is 6.50. The summed E-state index contributed by atoms with van der Waals surface area (Å²) in [5.74, 6) is -0.601. The van der Waals surface area contributed by atoms with E-state index in [0.717, 1.165) is 15.4 Å². The van der Waals surface area contributed by atoms with Gasteiger partial charge in [-0.3, -0.25) is 4.79 Å². The van der Waals surface area contributed by atoms with E-state index in [1.807, 2.05) is 43.3 Å². The van der Waals surface area contributed by atoms with Gasteiger partial charge in [0, 0.05) is 7.05 Å². The Morgan fingerprint density at radius 1 is 1.08 bits per heavy atom. The highest BCUT2D eigenvalue weighted by molar-refractivity contribution is 7.89. The molecule has 25 heavy (non-hydrogen) atoms. The highest BCUT2D eigenvalue weighted by Gasteiger charge is 2.23. The third-order valence-corrected chi connectivity index (χ3v) is 5.35. The zero-order valence-electron chi connectivity index (χ0n) is 14.3. The van der Waals surface area contributed by atoms with E-state index in [1.165, 1.54) is 19.2 Å². The molecule has 2 aromatic rings. The fourth-order valence-electron chi connectivity index (χ4n) is 2.09. The number of likely N-dealkylation sites (N-methyl/N-ethyl adjacent to an activating group) is 1. The summed E-state index contributed by atoms with van der Waals surface area (Å²) in [6, 6.07) is 16.1. The van der Waals surface area contributed by atoms with Crippen molar-refractivity contribution in [2.24, 2.45) is 0 Å². The lowest BCUT2D eigenvalue weighted by molar-refractivity contribution is -0.142. The van der Waals surface area contributed by atoms with Crippen LogP contribution in [-0.2, 0) is 19.6 Å². The zero-order valence-corrected chi connectivity index (χ0v) is 15.1. The predicted molar refractivity (Wildman–Crippen MR) is 97.4 cm³/mol. The number of ether oxygens (including phenoxy) is 1. The van der Waals surface area contributed by atoms with Gasteiger partial charge in [-0.05, 0) is 30.7 Å². The Morgan fingerprint density at radius 3 is 2.36 bits per heavy atom. The van der Waals surface area contributed by atoms with Crippen molar-refractivity contribution in [1.29, 1.82) is 0 Å². The highest BCUT2D eigenvalue weighted by atomic mass is 32.2. The maximum atomic E-state index is 12.4. The van der Waals surface area contributed by atoms with Crippen LogP contribution in [0.25, 0.3) is 6.08 Å². The summed E-state index contributed by atoms with van der Waals surface area (Å²) in [5, 5.41) is 0. The lowest BCUT2D eigenvalue weighted by Crippen LogP contribution is -2.33. The van der Waals surface area contributed by atoms with Crippen LogP contribution in [0.15, 0.2) is 65.6 Å². The molecule has 0 aliphatic carbocycles. The summed E-state index contributed by atoms with van der Waals surface area (Å²) in [6.07, 6.45) is 3.54. The molecule has 0 aliphatic heterocycles. The summed E-state index contributed by atoms with van der Waals surface area (Å²) in [6.45, 7) is 1.63. The molecular formula is C19H21NO4S. The van der Waals surface area contributed by atoms with Gasteiger partial charge < -0.3 is 4.74 Å². The second-order valence-electron chi connectivity index (χ2n) is 5.57. The van der Waals surface area contributed by atoms with Crippen LogP contribution in [0.3, 0.4) is 0 Å². The quantitative estimate of drug-likeness (QED) is 0.713. The van der Waals surface area contributed by atoms with E-state index in [2.05, 4.69) is 0 Å². The van der Waals surface area contributed by atoms with Gasteiger partial charge in [0.05, 0.1) is 4.90 Å². The van der Waals surface area contributed by atoms with Crippen LogP contribution in [0.1, 0.15) is 11.1 Å². The van der Waals surface area contributed by atoms with Gasteiger partial charge in [-0.1, -0.05) is 54.1 Å². The fraction of sp³-hybridized carbons (Fsp3) is 0.211. The normalized spacial score (nSPS) is 11.8. The van der Waals surface area contributed by atoms with Crippen LogP contribution < -0.4 is 0 Å². The number of aryl methyl sites for hydroxylation is 1. The molecule has 0 N–H and O–H groups in total. The van der Waals surface area contributed by atoms with Crippen LogP contribution in [0, 0.1) is 6.92 Å². The first kappa shape index (κ1) is 18.9. The molecule has 0 aliphatic rings. The molecule has 132 valence electrons. The van der Waals surface area contributed by atoms with Gasteiger partial charge in [-0.15, -0.1) is 0 Å². The molecule has 0 saturated heterocycles. The van der Waals surface area contributed by atoms with Gasteiger partial charge in [0.2, 0.25) is 10.0 Å². The second-order valence-corrected chi connectivity index (χ2v) is 7.62. The Labute approximate surface area is 148 Å². The Hall–Kier alpha value is -2.44. The molecular weight excluding hydrogens is 338 g/mol. The van der Waals surface area contributed by atoms with Crippen molar-refractivity contribution >= 4 is 22.1 Å². The summed E-state index contributed by atoms with van der Waals surface area (Å²) in [5.41, 5.74) is 1.96. The van der Waals surface area contributed by atoms with Crippen LogP contribution in [0.4, 0.5) is 0 Å². The molecule has 2 rings (SSSR count). The summed E-state index contributed by atoms with van der Waals surface area (Å²) in [7, 11) is -2.35. The minimum absolute atomic E-state index is 0.0894. The topological polar surface area (TPSA) is 63.7 Å². The molecule has 0 fully saturated rings. The van der Waals surface area contributed by atoms with Crippen molar-refractivity contribution in [3.05, 3.63) is 71.8 Å². The first-order chi connectivity index (χ1) is 11.9. The molecule has 2 aromatic carbocycles. The SMILES string of the molecule is Cc1ccc(S(=O)(=O)N(C)CC(=O)OC/C=C/c2ccccc2)cc1. The van der Waals surface area contributed by atoms with Crippen molar-refractivity contribution < 1.29 is 17.9 Å². The Balaban J connectivity index is 1.87. The maximum absolute atomic E-state index is 12.4. The standard InChI is InChI=1S/C19H21NO4S/c1-16-10-12-18(13-11-16)25(22,23)20(2)15-19(21)24-14-6-9-17-7-4-3-5-8-17/h3-13H,14-15H2,1-2H3/b9-6+. The zero-order chi connectivity index (χ0) is 18.3. The number of benzene rings is 2. The van der Waals surface area contributed by atoms with Crippen molar-refractivity contribution in [3.63, 3.8) is 0 Å². The highest BCUT2D eigenvalue weighted by Crippen LogP contribution is 2.14. The number of carbonyl (C=O) groups is 1. The van der Waals surface area contributed by atoms with Crippen molar-refractivity contribution in [3.8, 4) is 0 Å². The maximum Gasteiger partial charge on any atom is 0.321 e. The van der Waals surface area contributed by atoms with Crippen molar-refractivity contribution in [2.75, 3.05) is 20.2 Å². The third-order valence-electron chi connectivity index (χ3n) is 3.53. The monoisotopic (exact) mass is 359 g/mol. The van der Waals surface area contributed by atoms with E-state index in [9.17, 15) is 13.2 Å². The van der Waals surface area contributed by atoms with Gasteiger partial charge in [0.25, 0.3) is 0 Å². The molecule has 0 amide bonds.